The monoisotopic (exact) mass is 235 g/mol. The quantitative estimate of drug-likeness (QED) is 0.762. The summed E-state index contributed by atoms with van der Waals surface area (Å²) in [5.41, 5.74) is 5.02. The molecule has 2 aromatic heterocycles. The first-order valence-electron chi connectivity index (χ1n) is 5.36. The Morgan fingerprint density at radius 3 is 2.47 bits per heavy atom. The second-order valence-corrected chi connectivity index (χ2v) is 3.54. The van der Waals surface area contributed by atoms with Gasteiger partial charge in [-0.2, -0.15) is 4.98 Å². The average Bonchev–Trinajstić information content (AvgIpc) is 2.30. The van der Waals surface area contributed by atoms with Crippen molar-refractivity contribution in [2.24, 2.45) is 0 Å². The van der Waals surface area contributed by atoms with Gasteiger partial charge in [-0.1, -0.05) is 0 Å². The molecular weight excluding hydrogens is 222 g/mol. The van der Waals surface area contributed by atoms with E-state index in [2.05, 4.69) is 9.97 Å². The highest BCUT2D eigenvalue weighted by atomic mass is 16.2. The first kappa shape index (κ1) is 11.3. The number of hydrogen-bond acceptors (Lipinski definition) is 5. The van der Waals surface area contributed by atoms with Crippen LogP contribution >= 0.6 is 0 Å². The van der Waals surface area contributed by atoms with E-state index in [1.54, 1.807) is 6.92 Å². The van der Waals surface area contributed by atoms with Gasteiger partial charge in [0.2, 0.25) is 5.95 Å². The lowest BCUT2D eigenvalue weighted by atomic mass is 10.4. The van der Waals surface area contributed by atoms with Gasteiger partial charge in [0.15, 0.2) is 5.65 Å². The Hall–Kier alpha value is -2.18. The van der Waals surface area contributed by atoms with Crippen molar-refractivity contribution in [3.05, 3.63) is 27.0 Å². The van der Waals surface area contributed by atoms with Crippen LogP contribution in [-0.2, 0) is 13.1 Å². The van der Waals surface area contributed by atoms with E-state index in [1.807, 2.05) is 6.92 Å². The van der Waals surface area contributed by atoms with Crippen LogP contribution in [0.4, 0.5) is 5.95 Å². The number of anilines is 1. The summed E-state index contributed by atoms with van der Waals surface area (Å²) in [4.78, 5) is 31.7. The Bertz CT molecular complexity index is 685. The number of aromatic nitrogens is 4. The lowest BCUT2D eigenvalue weighted by Gasteiger charge is -2.10. The van der Waals surface area contributed by atoms with E-state index >= 15 is 0 Å². The molecule has 7 nitrogen and oxygen atoms in total. The van der Waals surface area contributed by atoms with Crippen LogP contribution in [0.15, 0.2) is 15.8 Å². The molecule has 0 spiro atoms. The predicted octanol–water partition coefficient (Wildman–Crippen LogP) is -0.425. The number of aryl methyl sites for hydroxylation is 1. The van der Waals surface area contributed by atoms with E-state index in [0.29, 0.717) is 24.1 Å². The highest BCUT2D eigenvalue weighted by Crippen LogP contribution is 2.04. The standard InChI is InChI=1S/C10H13N5O2/c1-3-14-7-6(5-12-9(11)13-7)8(16)15(4-2)10(14)17/h5H,3-4H2,1-2H3,(H2,11,12,13). The zero-order valence-electron chi connectivity index (χ0n) is 9.67. The Kier molecular flexibility index (Phi) is 2.66. The third-order valence-electron chi connectivity index (χ3n) is 2.61. The minimum Gasteiger partial charge on any atom is -0.368 e. The zero-order chi connectivity index (χ0) is 12.6. The zero-order valence-corrected chi connectivity index (χ0v) is 9.67. The van der Waals surface area contributed by atoms with E-state index < -0.39 is 0 Å². The molecule has 0 bridgehead atoms. The molecule has 0 fully saturated rings. The molecular formula is C10H13N5O2. The molecule has 2 aromatic rings. The van der Waals surface area contributed by atoms with Gasteiger partial charge in [0.05, 0.1) is 0 Å². The minimum absolute atomic E-state index is 0.0488. The molecule has 0 unspecified atom stereocenters. The Morgan fingerprint density at radius 1 is 1.24 bits per heavy atom. The lowest BCUT2D eigenvalue weighted by Crippen LogP contribution is -2.39. The summed E-state index contributed by atoms with van der Waals surface area (Å²) in [5, 5.41) is 0.308. The van der Waals surface area contributed by atoms with Gasteiger partial charge in [0.25, 0.3) is 5.56 Å². The second-order valence-electron chi connectivity index (χ2n) is 3.54. The highest BCUT2D eigenvalue weighted by molar-refractivity contribution is 5.73. The summed E-state index contributed by atoms with van der Waals surface area (Å²) >= 11 is 0. The first-order chi connectivity index (χ1) is 8.10. The van der Waals surface area contributed by atoms with Crippen LogP contribution in [0.2, 0.25) is 0 Å². The summed E-state index contributed by atoms with van der Waals surface area (Å²) in [6.45, 7) is 4.29. The van der Waals surface area contributed by atoms with E-state index in [0.717, 1.165) is 4.57 Å². The van der Waals surface area contributed by atoms with Gasteiger partial charge in [-0.25, -0.2) is 9.78 Å². The SMILES string of the molecule is CCn1c(=O)c2cnc(N)nc2n(CC)c1=O. The molecule has 0 amide bonds. The number of fused-ring (bicyclic) bond motifs is 1. The largest absolute Gasteiger partial charge is 0.368 e. The second kappa shape index (κ2) is 4.00. The highest BCUT2D eigenvalue weighted by Gasteiger charge is 2.12. The van der Waals surface area contributed by atoms with Crippen LogP contribution in [0.1, 0.15) is 13.8 Å². The maximum absolute atomic E-state index is 12.0. The van der Waals surface area contributed by atoms with Gasteiger partial charge in [0, 0.05) is 19.3 Å². The molecule has 0 saturated carbocycles. The maximum atomic E-state index is 12.0. The summed E-state index contributed by atoms with van der Waals surface area (Å²) < 4.78 is 2.57. The van der Waals surface area contributed by atoms with Gasteiger partial charge < -0.3 is 5.73 Å². The molecule has 2 N–H and O–H groups in total. The molecule has 0 radical (unpaired) electrons. The van der Waals surface area contributed by atoms with Crippen molar-refractivity contribution in [3.63, 3.8) is 0 Å². The number of nitrogen functional groups attached to an aromatic ring is 1. The van der Waals surface area contributed by atoms with Gasteiger partial charge in [0.1, 0.15) is 5.39 Å². The summed E-state index contributed by atoms with van der Waals surface area (Å²) in [5.74, 6) is 0.0488. The van der Waals surface area contributed by atoms with E-state index in [-0.39, 0.29) is 17.2 Å². The summed E-state index contributed by atoms with van der Waals surface area (Å²) in [6.07, 6.45) is 1.36. The molecule has 17 heavy (non-hydrogen) atoms. The number of nitrogens with two attached hydrogens (primary N) is 1. The van der Waals surface area contributed by atoms with E-state index in [1.165, 1.54) is 10.8 Å². The van der Waals surface area contributed by atoms with Gasteiger partial charge in [-0.05, 0) is 13.8 Å². The van der Waals surface area contributed by atoms with E-state index in [4.69, 9.17) is 5.73 Å². The van der Waals surface area contributed by atoms with Gasteiger partial charge >= 0.3 is 5.69 Å². The molecule has 0 aliphatic heterocycles. The molecule has 7 heteroatoms. The predicted molar refractivity (Wildman–Crippen MR) is 63.8 cm³/mol. The van der Waals surface area contributed by atoms with Crippen LogP contribution < -0.4 is 17.0 Å². The molecule has 90 valence electrons. The molecule has 2 heterocycles. The van der Waals surface area contributed by atoms with Crippen LogP contribution in [-0.4, -0.2) is 19.1 Å². The van der Waals surface area contributed by atoms with Crippen LogP contribution in [0.5, 0.6) is 0 Å². The third kappa shape index (κ3) is 1.59. The van der Waals surface area contributed by atoms with E-state index in [9.17, 15) is 9.59 Å². The smallest absolute Gasteiger partial charge is 0.332 e. The van der Waals surface area contributed by atoms with Crippen molar-refractivity contribution in [2.75, 3.05) is 5.73 Å². The van der Waals surface area contributed by atoms with Crippen molar-refractivity contribution in [3.8, 4) is 0 Å². The van der Waals surface area contributed by atoms with Crippen molar-refractivity contribution in [1.82, 2.24) is 19.1 Å². The van der Waals surface area contributed by atoms with Crippen molar-refractivity contribution in [1.29, 1.82) is 0 Å². The Balaban J connectivity index is 3.06. The maximum Gasteiger partial charge on any atom is 0.332 e. The Morgan fingerprint density at radius 2 is 1.88 bits per heavy atom. The fourth-order valence-corrected chi connectivity index (χ4v) is 1.78. The summed E-state index contributed by atoms with van der Waals surface area (Å²) in [6, 6.07) is 0. The third-order valence-corrected chi connectivity index (χ3v) is 2.61. The minimum atomic E-state index is -0.378. The molecule has 2 rings (SSSR count). The van der Waals surface area contributed by atoms with Crippen LogP contribution in [0.25, 0.3) is 11.0 Å². The normalized spacial score (nSPS) is 10.9. The number of nitrogens with zero attached hydrogens (tertiary/aromatic N) is 4. The van der Waals surface area contributed by atoms with Gasteiger partial charge in [-0.15, -0.1) is 0 Å². The fourth-order valence-electron chi connectivity index (χ4n) is 1.78. The topological polar surface area (TPSA) is 95.8 Å². The number of rotatable bonds is 2. The first-order valence-corrected chi connectivity index (χ1v) is 5.36. The number of hydrogen-bond donors (Lipinski definition) is 1. The van der Waals surface area contributed by atoms with Gasteiger partial charge in [-0.3, -0.25) is 13.9 Å². The molecule has 0 aliphatic rings. The van der Waals surface area contributed by atoms with Crippen molar-refractivity contribution < 1.29 is 0 Å². The Labute approximate surface area is 96.5 Å². The molecule has 0 saturated heterocycles. The average molecular weight is 235 g/mol. The molecule has 0 atom stereocenters. The van der Waals surface area contributed by atoms with Crippen LogP contribution in [0.3, 0.4) is 0 Å². The van der Waals surface area contributed by atoms with Crippen molar-refractivity contribution in [2.45, 2.75) is 26.9 Å². The lowest BCUT2D eigenvalue weighted by molar-refractivity contribution is 0.604. The fraction of sp³-hybridized carbons (Fsp3) is 0.400. The summed E-state index contributed by atoms with van der Waals surface area (Å²) in [7, 11) is 0. The molecule has 0 aromatic carbocycles. The molecule has 0 aliphatic carbocycles. The van der Waals surface area contributed by atoms with Crippen LogP contribution in [0, 0.1) is 0 Å². The van der Waals surface area contributed by atoms with Crippen molar-refractivity contribution >= 4 is 17.0 Å².